The topological polar surface area (TPSA) is 56.0 Å². The molecule has 0 radical (unpaired) electrons. The molecule has 1 aromatic carbocycles. The van der Waals surface area contributed by atoms with E-state index in [9.17, 15) is 13.0 Å². The van der Waals surface area contributed by atoms with Gasteiger partial charge in [-0.05, 0) is 18.2 Å². The molecule has 1 aromatic heterocycles. The van der Waals surface area contributed by atoms with Gasteiger partial charge in [0.05, 0.1) is 22.2 Å². The number of anilines is 1. The van der Waals surface area contributed by atoms with E-state index >= 15 is 0 Å². The van der Waals surface area contributed by atoms with Gasteiger partial charge in [-0.1, -0.05) is 6.07 Å². The summed E-state index contributed by atoms with van der Waals surface area (Å²) >= 11 is 0. The van der Waals surface area contributed by atoms with E-state index in [0.717, 1.165) is 12.1 Å². The summed E-state index contributed by atoms with van der Waals surface area (Å²) in [6, 6.07) is 6.34. The number of nitrogens with zero attached hydrogens (tertiary/aromatic N) is 1. The van der Waals surface area contributed by atoms with Gasteiger partial charge in [-0.25, -0.2) is 13.8 Å². The van der Waals surface area contributed by atoms with E-state index in [1.54, 1.807) is 12.1 Å². The Morgan fingerprint density at radius 1 is 1.28 bits per heavy atom. The predicted octanol–water partition coefficient (Wildman–Crippen LogP) is 2.25. The molecule has 1 heterocycles. The Morgan fingerprint density at radius 2 is 2.06 bits per heavy atom. The predicted molar refractivity (Wildman–Crippen MR) is 65.1 cm³/mol. The van der Waals surface area contributed by atoms with E-state index in [0.29, 0.717) is 5.69 Å². The highest BCUT2D eigenvalue weighted by Gasteiger charge is 2.13. The van der Waals surface area contributed by atoms with Gasteiger partial charge in [0.25, 0.3) is 0 Å². The molecule has 2 N–H and O–H groups in total. The van der Waals surface area contributed by atoms with Crippen LogP contribution in [0.1, 0.15) is 5.56 Å². The van der Waals surface area contributed by atoms with Gasteiger partial charge >= 0.3 is 0 Å². The minimum atomic E-state index is -1.56. The molecule has 6 heteroatoms. The van der Waals surface area contributed by atoms with Gasteiger partial charge in [0.15, 0.2) is 0 Å². The summed E-state index contributed by atoms with van der Waals surface area (Å²) < 4.78 is 38.1. The molecule has 94 valence electrons. The molecular weight excluding hydrogens is 258 g/mol. The van der Waals surface area contributed by atoms with Gasteiger partial charge in [0.2, 0.25) is 0 Å². The molecule has 0 saturated carbocycles. The highest BCUT2D eigenvalue weighted by Crippen LogP contribution is 2.18. The number of rotatable bonds is 3. The first-order valence-electron chi connectivity index (χ1n) is 5.10. The number of hydrogen-bond donors (Lipinski definition) is 1. The van der Waals surface area contributed by atoms with E-state index in [4.69, 9.17) is 5.73 Å². The average molecular weight is 268 g/mol. The summed E-state index contributed by atoms with van der Waals surface area (Å²) in [4.78, 5) is 3.90. The molecule has 0 bridgehead atoms. The standard InChI is InChI=1S/C12H10F2N2OS/c13-9-4-3-8(10(14)6-9)7-18(17)12-11(15)2-1-5-16-12/h1-6H,7,15H2. The first-order chi connectivity index (χ1) is 8.58. The van der Waals surface area contributed by atoms with Crippen LogP contribution in [0.15, 0.2) is 41.6 Å². The van der Waals surface area contributed by atoms with Crippen molar-refractivity contribution >= 4 is 16.5 Å². The fraction of sp³-hybridized carbons (Fsp3) is 0.0833. The highest BCUT2D eigenvalue weighted by molar-refractivity contribution is 7.84. The number of aromatic nitrogens is 1. The van der Waals surface area contributed by atoms with Crippen molar-refractivity contribution in [2.75, 3.05) is 5.73 Å². The third kappa shape index (κ3) is 2.70. The van der Waals surface area contributed by atoms with Crippen LogP contribution in [-0.2, 0) is 16.6 Å². The maximum atomic E-state index is 13.4. The third-order valence-electron chi connectivity index (χ3n) is 2.32. The zero-order valence-electron chi connectivity index (χ0n) is 9.27. The summed E-state index contributed by atoms with van der Waals surface area (Å²) in [5.41, 5.74) is 6.08. The van der Waals surface area contributed by atoms with Gasteiger partial charge in [0.1, 0.15) is 16.7 Å². The largest absolute Gasteiger partial charge is 0.396 e. The fourth-order valence-corrected chi connectivity index (χ4v) is 2.60. The molecule has 0 saturated heterocycles. The number of pyridine rings is 1. The zero-order valence-corrected chi connectivity index (χ0v) is 10.1. The van der Waals surface area contributed by atoms with Crippen LogP contribution in [0.3, 0.4) is 0 Å². The van der Waals surface area contributed by atoms with Crippen LogP contribution in [0, 0.1) is 11.6 Å². The van der Waals surface area contributed by atoms with Crippen molar-refractivity contribution in [1.29, 1.82) is 0 Å². The number of halogens is 2. The van der Waals surface area contributed by atoms with E-state index in [2.05, 4.69) is 4.98 Å². The molecule has 0 spiro atoms. The van der Waals surface area contributed by atoms with Crippen LogP contribution in [-0.4, -0.2) is 9.19 Å². The maximum Gasteiger partial charge on any atom is 0.150 e. The Bertz CT molecular complexity index is 604. The lowest BCUT2D eigenvalue weighted by Gasteiger charge is -2.05. The Labute approximate surface area is 105 Å². The van der Waals surface area contributed by atoms with Crippen molar-refractivity contribution in [1.82, 2.24) is 4.98 Å². The van der Waals surface area contributed by atoms with Crippen LogP contribution >= 0.6 is 0 Å². The van der Waals surface area contributed by atoms with Gasteiger partial charge in [-0.3, -0.25) is 4.21 Å². The second-order valence-electron chi connectivity index (χ2n) is 3.62. The van der Waals surface area contributed by atoms with Gasteiger partial charge in [-0.15, -0.1) is 0 Å². The second kappa shape index (κ2) is 5.22. The highest BCUT2D eigenvalue weighted by atomic mass is 32.2. The average Bonchev–Trinajstić information content (AvgIpc) is 2.33. The summed E-state index contributed by atoms with van der Waals surface area (Å²) in [5.74, 6) is -1.48. The van der Waals surface area contributed by atoms with Crippen LogP contribution < -0.4 is 5.73 Å². The van der Waals surface area contributed by atoms with E-state index in [1.807, 2.05) is 0 Å². The number of nitrogens with two attached hydrogens (primary N) is 1. The normalized spacial score (nSPS) is 12.3. The lowest BCUT2D eigenvalue weighted by molar-refractivity contribution is 0.575. The van der Waals surface area contributed by atoms with E-state index < -0.39 is 22.4 Å². The third-order valence-corrected chi connectivity index (χ3v) is 3.66. The number of hydrogen-bond acceptors (Lipinski definition) is 3. The van der Waals surface area contributed by atoms with Crippen molar-refractivity contribution in [2.45, 2.75) is 10.8 Å². The Morgan fingerprint density at radius 3 is 2.72 bits per heavy atom. The van der Waals surface area contributed by atoms with Gasteiger partial charge in [-0.2, -0.15) is 0 Å². The summed E-state index contributed by atoms with van der Waals surface area (Å²) in [6.45, 7) is 0. The monoisotopic (exact) mass is 268 g/mol. The van der Waals surface area contributed by atoms with Gasteiger partial charge in [0, 0.05) is 17.8 Å². The number of nitrogen functional groups attached to an aromatic ring is 1. The number of benzene rings is 1. The van der Waals surface area contributed by atoms with Crippen molar-refractivity contribution in [3.8, 4) is 0 Å². The molecule has 18 heavy (non-hydrogen) atoms. The van der Waals surface area contributed by atoms with E-state index in [-0.39, 0.29) is 16.3 Å². The van der Waals surface area contributed by atoms with Crippen molar-refractivity contribution < 1.29 is 13.0 Å². The molecular formula is C12H10F2N2OS. The van der Waals surface area contributed by atoms with Crippen LogP contribution in [0.5, 0.6) is 0 Å². The SMILES string of the molecule is Nc1cccnc1S(=O)Cc1ccc(F)cc1F. The molecule has 0 aliphatic heterocycles. The Kier molecular flexibility index (Phi) is 3.66. The van der Waals surface area contributed by atoms with Crippen molar-refractivity contribution in [3.63, 3.8) is 0 Å². The molecule has 0 amide bonds. The lowest BCUT2D eigenvalue weighted by Crippen LogP contribution is -2.04. The fourth-order valence-electron chi connectivity index (χ4n) is 1.44. The van der Waals surface area contributed by atoms with Crippen LogP contribution in [0.4, 0.5) is 14.5 Å². The molecule has 0 aliphatic rings. The first-order valence-corrected chi connectivity index (χ1v) is 6.42. The Balaban J connectivity index is 2.24. The molecule has 1 unspecified atom stereocenters. The van der Waals surface area contributed by atoms with Crippen molar-refractivity contribution in [3.05, 3.63) is 53.7 Å². The van der Waals surface area contributed by atoms with Crippen LogP contribution in [0.25, 0.3) is 0 Å². The molecule has 0 fully saturated rings. The van der Waals surface area contributed by atoms with E-state index in [1.165, 1.54) is 12.3 Å². The first kappa shape index (κ1) is 12.6. The smallest absolute Gasteiger partial charge is 0.150 e. The minimum absolute atomic E-state index is 0.0900. The summed E-state index contributed by atoms with van der Waals surface area (Å²) in [6.07, 6.45) is 1.46. The molecule has 3 nitrogen and oxygen atoms in total. The van der Waals surface area contributed by atoms with Crippen molar-refractivity contribution in [2.24, 2.45) is 0 Å². The molecule has 1 atom stereocenters. The molecule has 0 aliphatic carbocycles. The summed E-state index contributed by atoms with van der Waals surface area (Å²) in [5, 5.41) is 0.209. The van der Waals surface area contributed by atoms with Gasteiger partial charge < -0.3 is 5.73 Å². The quantitative estimate of drug-likeness (QED) is 0.928. The zero-order chi connectivity index (χ0) is 13.1. The lowest BCUT2D eigenvalue weighted by atomic mass is 10.2. The summed E-state index contributed by atoms with van der Waals surface area (Å²) in [7, 11) is -1.56. The second-order valence-corrected chi connectivity index (χ2v) is 4.99. The minimum Gasteiger partial charge on any atom is -0.396 e. The Hall–Kier alpha value is -1.82. The molecule has 2 aromatic rings. The molecule has 2 rings (SSSR count). The maximum absolute atomic E-state index is 13.4. The van der Waals surface area contributed by atoms with Crippen LogP contribution in [0.2, 0.25) is 0 Å².